The van der Waals surface area contributed by atoms with Gasteiger partial charge in [0.1, 0.15) is 12.3 Å². The number of phosphoric ester groups is 1. The Bertz CT molecular complexity index is 726. The molecule has 1 saturated heterocycles. The smallest absolute Gasteiger partial charge is 0.390 e. The molecule has 0 spiro atoms. The van der Waals surface area contributed by atoms with E-state index >= 15 is 0 Å². The van der Waals surface area contributed by atoms with Crippen LogP contribution in [0.15, 0.2) is 24.5 Å². The van der Waals surface area contributed by atoms with Crippen LogP contribution in [0.2, 0.25) is 0 Å². The van der Waals surface area contributed by atoms with E-state index in [9.17, 15) is 9.67 Å². The number of hydrogen-bond donors (Lipinski definition) is 3. The fourth-order valence-corrected chi connectivity index (χ4v) is 2.98. The van der Waals surface area contributed by atoms with E-state index in [2.05, 4.69) is 9.51 Å². The van der Waals surface area contributed by atoms with Crippen molar-refractivity contribution in [2.24, 2.45) is 0 Å². The largest absolute Gasteiger partial charge is 0.469 e. The highest BCUT2D eigenvalue weighted by Gasteiger charge is 2.37. The van der Waals surface area contributed by atoms with E-state index in [1.165, 1.54) is 0 Å². The predicted molar refractivity (Wildman–Crippen MR) is 77.0 cm³/mol. The lowest BCUT2D eigenvalue weighted by Crippen LogP contribution is -2.25. The zero-order valence-corrected chi connectivity index (χ0v) is 12.8. The molecule has 22 heavy (non-hydrogen) atoms. The Balaban J connectivity index is 1.78. The summed E-state index contributed by atoms with van der Waals surface area (Å²) in [6, 6.07) is 5.78. The quantitative estimate of drug-likeness (QED) is 0.720. The average molecular weight is 328 g/mol. The van der Waals surface area contributed by atoms with Crippen LogP contribution in [-0.2, 0) is 13.8 Å². The van der Waals surface area contributed by atoms with E-state index in [0.717, 1.165) is 16.6 Å². The van der Waals surface area contributed by atoms with Crippen molar-refractivity contribution in [2.75, 3.05) is 6.61 Å². The highest BCUT2D eigenvalue weighted by Crippen LogP contribution is 2.38. The van der Waals surface area contributed by atoms with Crippen LogP contribution >= 0.6 is 7.82 Å². The summed E-state index contributed by atoms with van der Waals surface area (Å²) in [5.74, 6) is 0. The lowest BCUT2D eigenvalue weighted by Gasteiger charge is -2.16. The number of imidazole rings is 1. The maximum Gasteiger partial charge on any atom is 0.469 e. The minimum atomic E-state index is -4.58. The SMILES string of the molecule is Cc1cccc2c1ncn2[C@H]1C[C@H](O)[C@@H](COP(=O)(O)O)O1. The number of aromatic nitrogens is 2. The molecule has 9 heteroatoms. The molecule has 1 aromatic carbocycles. The summed E-state index contributed by atoms with van der Waals surface area (Å²) in [7, 11) is -4.58. The molecule has 120 valence electrons. The van der Waals surface area contributed by atoms with E-state index in [1.54, 1.807) is 6.33 Å². The molecule has 0 amide bonds. The van der Waals surface area contributed by atoms with E-state index in [0.29, 0.717) is 6.42 Å². The number of hydrogen-bond acceptors (Lipinski definition) is 5. The summed E-state index contributed by atoms with van der Waals surface area (Å²) in [5.41, 5.74) is 2.78. The first kappa shape index (κ1) is 15.6. The fraction of sp³-hybridized carbons (Fsp3) is 0.462. The fourth-order valence-electron chi connectivity index (χ4n) is 2.64. The molecule has 2 heterocycles. The summed E-state index contributed by atoms with van der Waals surface area (Å²) < 4.78 is 22.6. The van der Waals surface area contributed by atoms with Crippen LogP contribution in [0.4, 0.5) is 0 Å². The minimum absolute atomic E-state index is 0.300. The second-order valence-electron chi connectivity index (χ2n) is 5.31. The maximum absolute atomic E-state index is 10.7. The van der Waals surface area contributed by atoms with Crippen molar-refractivity contribution in [3.05, 3.63) is 30.1 Å². The summed E-state index contributed by atoms with van der Waals surface area (Å²) >= 11 is 0. The lowest BCUT2D eigenvalue weighted by molar-refractivity contribution is -0.0422. The third-order valence-electron chi connectivity index (χ3n) is 3.73. The third kappa shape index (κ3) is 3.08. The van der Waals surface area contributed by atoms with Gasteiger partial charge < -0.3 is 24.2 Å². The van der Waals surface area contributed by atoms with Gasteiger partial charge in [-0.25, -0.2) is 9.55 Å². The first-order chi connectivity index (χ1) is 10.3. The van der Waals surface area contributed by atoms with Gasteiger partial charge in [-0.2, -0.15) is 0 Å². The summed E-state index contributed by atoms with van der Waals surface area (Å²) in [6.07, 6.45) is -0.165. The molecule has 2 aromatic rings. The monoisotopic (exact) mass is 328 g/mol. The number of phosphoric acid groups is 1. The standard InChI is InChI=1S/C13H17N2O6P/c1-8-3-2-4-9-13(8)14-7-15(9)12-5-10(16)11(21-12)6-20-22(17,18)19/h2-4,7,10-12,16H,5-6H2,1H3,(H2,17,18,19)/t10-,11+,12+/m0/s1. The van der Waals surface area contributed by atoms with Gasteiger partial charge in [0.25, 0.3) is 0 Å². The molecule has 0 radical (unpaired) electrons. The molecule has 0 aliphatic carbocycles. The first-order valence-corrected chi connectivity index (χ1v) is 8.34. The van der Waals surface area contributed by atoms with Crippen LogP contribution in [-0.4, -0.2) is 43.3 Å². The summed E-state index contributed by atoms with van der Waals surface area (Å²) in [4.78, 5) is 21.8. The topological polar surface area (TPSA) is 114 Å². The molecule has 0 unspecified atom stereocenters. The molecular formula is C13H17N2O6P. The van der Waals surface area contributed by atoms with Crippen molar-refractivity contribution in [1.29, 1.82) is 0 Å². The van der Waals surface area contributed by atoms with Gasteiger partial charge in [-0.1, -0.05) is 12.1 Å². The van der Waals surface area contributed by atoms with E-state index < -0.39 is 26.3 Å². The van der Waals surface area contributed by atoms with Crippen molar-refractivity contribution in [3.8, 4) is 0 Å². The predicted octanol–water partition coefficient (Wildman–Crippen LogP) is 1.10. The van der Waals surface area contributed by atoms with Gasteiger partial charge in [-0.15, -0.1) is 0 Å². The van der Waals surface area contributed by atoms with Gasteiger partial charge in [0, 0.05) is 6.42 Å². The van der Waals surface area contributed by atoms with Crippen LogP contribution < -0.4 is 0 Å². The number of para-hydroxylation sites is 1. The Morgan fingerprint density at radius 2 is 2.27 bits per heavy atom. The second-order valence-corrected chi connectivity index (χ2v) is 6.55. The molecule has 8 nitrogen and oxygen atoms in total. The highest BCUT2D eigenvalue weighted by atomic mass is 31.2. The van der Waals surface area contributed by atoms with Gasteiger partial charge in [0.05, 0.1) is 30.1 Å². The molecular weight excluding hydrogens is 311 g/mol. The van der Waals surface area contributed by atoms with E-state index in [1.807, 2.05) is 29.7 Å². The molecule has 1 aromatic heterocycles. The highest BCUT2D eigenvalue weighted by molar-refractivity contribution is 7.46. The first-order valence-electron chi connectivity index (χ1n) is 6.81. The van der Waals surface area contributed by atoms with Crippen LogP contribution in [0.1, 0.15) is 18.2 Å². The number of aliphatic hydroxyl groups excluding tert-OH is 1. The lowest BCUT2D eigenvalue weighted by atomic mass is 10.2. The number of rotatable bonds is 4. The number of aliphatic hydroxyl groups is 1. The van der Waals surface area contributed by atoms with Gasteiger partial charge >= 0.3 is 7.82 Å². The zero-order valence-electron chi connectivity index (χ0n) is 11.9. The Morgan fingerprint density at radius 3 is 3.00 bits per heavy atom. The molecule has 0 bridgehead atoms. The molecule has 1 aliphatic heterocycles. The molecule has 1 aliphatic rings. The minimum Gasteiger partial charge on any atom is -0.390 e. The zero-order chi connectivity index (χ0) is 15.9. The van der Waals surface area contributed by atoms with Crippen molar-refractivity contribution >= 4 is 18.9 Å². The molecule has 0 saturated carbocycles. The molecule has 1 fully saturated rings. The number of benzene rings is 1. The van der Waals surface area contributed by atoms with Crippen molar-refractivity contribution in [2.45, 2.75) is 31.8 Å². The van der Waals surface area contributed by atoms with Gasteiger partial charge in [-0.05, 0) is 18.6 Å². The van der Waals surface area contributed by atoms with Crippen LogP contribution in [0.3, 0.4) is 0 Å². The number of nitrogens with zero attached hydrogens (tertiary/aromatic N) is 2. The summed E-state index contributed by atoms with van der Waals surface area (Å²) in [5, 5.41) is 9.99. The Kier molecular flexibility index (Phi) is 4.07. The molecule has 3 atom stereocenters. The number of ether oxygens (including phenoxy) is 1. The Hall–Kier alpha value is -1.28. The average Bonchev–Trinajstić information content (AvgIpc) is 3.00. The van der Waals surface area contributed by atoms with Gasteiger partial charge in [0.2, 0.25) is 0 Å². The van der Waals surface area contributed by atoms with Gasteiger partial charge in [-0.3, -0.25) is 4.52 Å². The summed E-state index contributed by atoms with van der Waals surface area (Å²) in [6.45, 7) is 1.59. The molecule has 3 N–H and O–H groups in total. The van der Waals surface area contributed by atoms with E-state index in [-0.39, 0.29) is 6.61 Å². The normalized spacial score (nSPS) is 25.9. The number of aryl methyl sites for hydroxylation is 1. The van der Waals surface area contributed by atoms with Crippen molar-refractivity contribution in [1.82, 2.24) is 9.55 Å². The Morgan fingerprint density at radius 1 is 1.50 bits per heavy atom. The maximum atomic E-state index is 10.7. The molecule has 3 rings (SSSR count). The van der Waals surface area contributed by atoms with Crippen LogP contribution in [0.5, 0.6) is 0 Å². The van der Waals surface area contributed by atoms with E-state index in [4.69, 9.17) is 14.5 Å². The number of fused-ring (bicyclic) bond motifs is 1. The third-order valence-corrected chi connectivity index (χ3v) is 4.21. The Labute approximate surface area is 126 Å². The van der Waals surface area contributed by atoms with Crippen molar-refractivity contribution in [3.63, 3.8) is 0 Å². The van der Waals surface area contributed by atoms with Crippen molar-refractivity contribution < 1.29 is 28.7 Å². The van der Waals surface area contributed by atoms with Crippen LogP contribution in [0, 0.1) is 6.92 Å². The second kappa shape index (κ2) is 5.73. The van der Waals surface area contributed by atoms with Gasteiger partial charge in [0.15, 0.2) is 0 Å². The van der Waals surface area contributed by atoms with Crippen LogP contribution in [0.25, 0.3) is 11.0 Å².